The van der Waals surface area contributed by atoms with Gasteiger partial charge in [-0.05, 0) is 57.9 Å². The first-order valence-electron chi connectivity index (χ1n) is 14.1. The molecule has 0 heterocycles. The van der Waals surface area contributed by atoms with Crippen molar-refractivity contribution in [2.75, 3.05) is 13.2 Å². The summed E-state index contributed by atoms with van der Waals surface area (Å²) in [6, 6.07) is 5.99. The van der Waals surface area contributed by atoms with Crippen molar-refractivity contribution in [1.82, 2.24) is 0 Å². The van der Waals surface area contributed by atoms with Gasteiger partial charge in [0, 0.05) is 6.42 Å². The van der Waals surface area contributed by atoms with Gasteiger partial charge in [-0.2, -0.15) is 0 Å². The van der Waals surface area contributed by atoms with Crippen LogP contribution >= 0.6 is 0 Å². The molecule has 0 spiro atoms. The van der Waals surface area contributed by atoms with E-state index in [1.807, 2.05) is 20.8 Å². The zero-order valence-corrected chi connectivity index (χ0v) is 24.0. The summed E-state index contributed by atoms with van der Waals surface area (Å²) < 4.78 is 10.00. The highest BCUT2D eigenvalue weighted by atomic mass is 16.5. The third kappa shape index (κ3) is 28.3. The Morgan fingerprint density at radius 1 is 0.784 bits per heavy atom. The number of aliphatic hydroxyl groups is 2. The van der Waals surface area contributed by atoms with E-state index < -0.39 is 6.10 Å². The molecule has 3 N–H and O–H groups in total. The molecule has 0 radical (unpaired) electrons. The highest BCUT2D eigenvalue weighted by molar-refractivity contribution is 5.89. The van der Waals surface area contributed by atoms with Crippen molar-refractivity contribution in [3.63, 3.8) is 0 Å². The van der Waals surface area contributed by atoms with Gasteiger partial charge in [0.15, 0.2) is 0 Å². The maximum atomic E-state index is 11.3. The van der Waals surface area contributed by atoms with Crippen molar-refractivity contribution in [2.45, 2.75) is 130 Å². The lowest BCUT2D eigenvalue weighted by Gasteiger charge is -2.07. The number of hydrogen-bond donors (Lipinski definition) is 3. The van der Waals surface area contributed by atoms with Crippen LogP contribution in [-0.2, 0) is 14.3 Å². The summed E-state index contributed by atoms with van der Waals surface area (Å²) in [5, 5.41) is 25.0. The summed E-state index contributed by atoms with van der Waals surface area (Å²) in [6.07, 6.45) is 15.3. The van der Waals surface area contributed by atoms with E-state index in [-0.39, 0.29) is 30.4 Å². The minimum absolute atomic E-state index is 0.0280. The lowest BCUT2D eigenvalue weighted by atomic mass is 10.1. The molecule has 0 bridgehead atoms. The monoisotopic (exact) mass is 526 g/mol. The SMILES string of the molecule is CC(O)CO.CCCCCCCCCCCCCC(=O)OC(C)C.CCCOC(=O)c1ccc(O)cc1. The Morgan fingerprint density at radius 2 is 1.24 bits per heavy atom. The van der Waals surface area contributed by atoms with Gasteiger partial charge >= 0.3 is 11.9 Å². The molecule has 0 amide bonds. The average Bonchev–Trinajstić information content (AvgIpc) is 2.86. The number of carbonyl (C=O) groups excluding carboxylic acids is 2. The lowest BCUT2D eigenvalue weighted by molar-refractivity contribution is -0.147. The molecule has 0 saturated heterocycles. The fourth-order valence-corrected chi connectivity index (χ4v) is 3.13. The number of carbonyl (C=O) groups is 2. The van der Waals surface area contributed by atoms with Crippen molar-refractivity contribution in [3.05, 3.63) is 29.8 Å². The summed E-state index contributed by atoms with van der Waals surface area (Å²) in [5.74, 6) is -0.236. The van der Waals surface area contributed by atoms with E-state index in [1.165, 1.54) is 95.4 Å². The number of ether oxygens (including phenoxy) is 2. The van der Waals surface area contributed by atoms with Crippen LogP contribution < -0.4 is 0 Å². The molecule has 0 aromatic heterocycles. The van der Waals surface area contributed by atoms with Crippen LogP contribution in [0.2, 0.25) is 0 Å². The number of benzene rings is 1. The van der Waals surface area contributed by atoms with Crippen molar-refractivity contribution in [3.8, 4) is 5.75 Å². The van der Waals surface area contributed by atoms with Gasteiger partial charge in [0.25, 0.3) is 0 Å². The Bertz CT molecular complexity index is 642. The number of phenolic OH excluding ortho intramolecular Hbond substituents is 1. The largest absolute Gasteiger partial charge is 0.508 e. The quantitative estimate of drug-likeness (QED) is 0.148. The number of aromatic hydroxyl groups is 1. The van der Waals surface area contributed by atoms with Gasteiger partial charge in [0.05, 0.1) is 31.0 Å². The normalized spacial score (nSPS) is 11.0. The van der Waals surface area contributed by atoms with Crippen LogP contribution in [0.15, 0.2) is 24.3 Å². The molecule has 1 aromatic carbocycles. The average molecular weight is 527 g/mol. The van der Waals surface area contributed by atoms with Crippen molar-refractivity contribution < 1.29 is 34.4 Å². The molecule has 1 atom stereocenters. The van der Waals surface area contributed by atoms with Crippen LogP contribution in [0.1, 0.15) is 128 Å². The van der Waals surface area contributed by atoms with Crippen LogP contribution in [0.3, 0.4) is 0 Å². The molecular formula is C30H54O7. The molecule has 0 fully saturated rings. The van der Waals surface area contributed by atoms with Gasteiger partial charge < -0.3 is 24.8 Å². The van der Waals surface area contributed by atoms with Crippen molar-refractivity contribution in [2.24, 2.45) is 0 Å². The Kier molecular flexibility index (Phi) is 27.0. The third-order valence-corrected chi connectivity index (χ3v) is 5.16. The topological polar surface area (TPSA) is 113 Å². The smallest absolute Gasteiger partial charge is 0.338 e. The summed E-state index contributed by atoms with van der Waals surface area (Å²) in [4.78, 5) is 22.5. The van der Waals surface area contributed by atoms with Gasteiger partial charge in [-0.15, -0.1) is 0 Å². The van der Waals surface area contributed by atoms with E-state index in [0.717, 1.165) is 12.8 Å². The second kappa shape index (κ2) is 26.9. The molecule has 1 unspecified atom stereocenters. The summed E-state index contributed by atoms with van der Waals surface area (Å²) in [7, 11) is 0. The molecule has 216 valence electrons. The molecule has 0 aliphatic heterocycles. The summed E-state index contributed by atoms with van der Waals surface area (Å²) in [6.45, 7) is 9.82. The van der Waals surface area contributed by atoms with Crippen LogP contribution in [0, 0.1) is 0 Å². The fourth-order valence-electron chi connectivity index (χ4n) is 3.13. The number of rotatable bonds is 17. The predicted molar refractivity (Wildman–Crippen MR) is 150 cm³/mol. The molecule has 7 heteroatoms. The van der Waals surface area contributed by atoms with E-state index in [0.29, 0.717) is 18.6 Å². The van der Waals surface area contributed by atoms with Crippen LogP contribution in [0.5, 0.6) is 5.75 Å². The first kappa shape index (κ1) is 37.0. The van der Waals surface area contributed by atoms with E-state index in [9.17, 15) is 9.59 Å². The number of phenols is 1. The Hall–Kier alpha value is -2.12. The van der Waals surface area contributed by atoms with Gasteiger partial charge in [0.1, 0.15) is 5.75 Å². The van der Waals surface area contributed by atoms with Gasteiger partial charge in [-0.1, -0.05) is 78.1 Å². The number of esters is 2. The number of hydrogen-bond acceptors (Lipinski definition) is 7. The number of aliphatic hydroxyl groups excluding tert-OH is 2. The fraction of sp³-hybridized carbons (Fsp3) is 0.733. The lowest BCUT2D eigenvalue weighted by Crippen LogP contribution is -2.10. The predicted octanol–water partition coefficient (Wildman–Crippen LogP) is 6.96. The molecular weight excluding hydrogens is 472 g/mol. The van der Waals surface area contributed by atoms with Crippen molar-refractivity contribution in [1.29, 1.82) is 0 Å². The molecule has 1 aromatic rings. The Balaban J connectivity index is 0. The molecule has 37 heavy (non-hydrogen) atoms. The van der Waals surface area contributed by atoms with Crippen LogP contribution in [-0.4, -0.2) is 52.7 Å². The molecule has 0 saturated carbocycles. The first-order chi connectivity index (χ1) is 17.7. The minimum atomic E-state index is -0.560. The van der Waals surface area contributed by atoms with Crippen LogP contribution in [0.4, 0.5) is 0 Å². The second-order valence-corrected chi connectivity index (χ2v) is 9.54. The maximum Gasteiger partial charge on any atom is 0.338 e. The Labute approximate surface area is 225 Å². The highest BCUT2D eigenvalue weighted by Gasteiger charge is 2.05. The third-order valence-electron chi connectivity index (χ3n) is 5.16. The Morgan fingerprint density at radius 3 is 1.65 bits per heavy atom. The first-order valence-corrected chi connectivity index (χ1v) is 14.1. The molecule has 1 rings (SSSR count). The molecule has 0 aliphatic rings. The minimum Gasteiger partial charge on any atom is -0.508 e. The van der Waals surface area contributed by atoms with Crippen LogP contribution in [0.25, 0.3) is 0 Å². The van der Waals surface area contributed by atoms with Gasteiger partial charge in [-0.25, -0.2) is 4.79 Å². The highest BCUT2D eigenvalue weighted by Crippen LogP contribution is 2.12. The van der Waals surface area contributed by atoms with Gasteiger partial charge in [0.2, 0.25) is 0 Å². The van der Waals surface area contributed by atoms with E-state index in [1.54, 1.807) is 0 Å². The zero-order valence-electron chi connectivity index (χ0n) is 24.0. The molecule has 7 nitrogen and oxygen atoms in total. The van der Waals surface area contributed by atoms with E-state index in [4.69, 9.17) is 24.8 Å². The second-order valence-electron chi connectivity index (χ2n) is 9.54. The van der Waals surface area contributed by atoms with E-state index in [2.05, 4.69) is 6.92 Å². The number of unbranched alkanes of at least 4 members (excludes halogenated alkanes) is 10. The van der Waals surface area contributed by atoms with Gasteiger partial charge in [-0.3, -0.25) is 4.79 Å². The zero-order chi connectivity index (χ0) is 28.3. The van der Waals surface area contributed by atoms with Crippen molar-refractivity contribution >= 4 is 11.9 Å². The molecule has 0 aliphatic carbocycles. The summed E-state index contributed by atoms with van der Waals surface area (Å²) in [5.41, 5.74) is 0.464. The van der Waals surface area contributed by atoms with E-state index >= 15 is 0 Å². The summed E-state index contributed by atoms with van der Waals surface area (Å²) >= 11 is 0. The maximum absolute atomic E-state index is 11.3. The standard InChI is InChI=1S/C17H34O2.C10H12O3.C3H8O2/c1-4-5-6-7-8-9-10-11-12-13-14-15-17(18)19-16(2)3;1-2-7-13-10(12)8-3-5-9(11)6-4-8;1-3(5)2-4/h16H,4-15H2,1-3H3;3-6,11H,2,7H2,1H3;3-5H,2H2,1H3.